The predicted molar refractivity (Wildman–Crippen MR) is 74.5 cm³/mol. The highest BCUT2D eigenvalue weighted by molar-refractivity contribution is 7.27. The van der Waals surface area contributed by atoms with Crippen molar-refractivity contribution >= 4 is 20.1 Å². The first-order valence-electron chi connectivity index (χ1n) is 5.26. The summed E-state index contributed by atoms with van der Waals surface area (Å²) in [4.78, 5) is 2.02. The highest BCUT2D eigenvalue weighted by atomic mass is 31.0. The molecular formula is C14H16NP. The lowest BCUT2D eigenvalue weighted by atomic mass is 10.0. The number of likely N-dealkylation sites (N-methyl/N-ethyl adjacent to an activating group) is 1. The zero-order chi connectivity index (χ0) is 11.7. The van der Waals surface area contributed by atoms with Gasteiger partial charge in [-0.2, -0.15) is 0 Å². The van der Waals surface area contributed by atoms with E-state index in [4.69, 9.17) is 0 Å². The van der Waals surface area contributed by atoms with Crippen molar-refractivity contribution in [1.29, 1.82) is 0 Å². The van der Waals surface area contributed by atoms with Gasteiger partial charge in [-0.15, -0.1) is 9.24 Å². The first-order valence-corrected chi connectivity index (χ1v) is 5.84. The van der Waals surface area contributed by atoms with E-state index in [0.717, 1.165) is 5.70 Å². The van der Waals surface area contributed by atoms with Crippen LogP contribution in [-0.2, 0) is 0 Å². The van der Waals surface area contributed by atoms with Crippen LogP contribution in [-0.4, -0.2) is 11.9 Å². The van der Waals surface area contributed by atoms with E-state index in [-0.39, 0.29) is 0 Å². The average Bonchev–Trinajstić information content (AvgIpc) is 2.26. The van der Waals surface area contributed by atoms with Crippen LogP contribution in [0.1, 0.15) is 11.1 Å². The highest BCUT2D eigenvalue weighted by Crippen LogP contribution is 2.23. The van der Waals surface area contributed by atoms with Crippen molar-refractivity contribution in [2.24, 2.45) is 0 Å². The van der Waals surface area contributed by atoms with Gasteiger partial charge in [0.1, 0.15) is 0 Å². The molecule has 82 valence electrons. The van der Waals surface area contributed by atoms with Crippen molar-refractivity contribution in [3.05, 3.63) is 60.0 Å². The average molecular weight is 229 g/mol. The lowest BCUT2D eigenvalue weighted by molar-refractivity contribution is 0.588. The van der Waals surface area contributed by atoms with Crippen LogP contribution >= 0.6 is 9.24 Å². The van der Waals surface area contributed by atoms with E-state index in [9.17, 15) is 0 Å². The molecule has 1 aromatic carbocycles. The number of aryl methyl sites for hydroxylation is 1. The summed E-state index contributed by atoms with van der Waals surface area (Å²) in [6.07, 6.45) is 6.28. The number of hydrogen-bond donors (Lipinski definition) is 0. The molecule has 0 saturated carbocycles. The van der Waals surface area contributed by atoms with Crippen molar-refractivity contribution in [3.63, 3.8) is 0 Å². The third kappa shape index (κ3) is 2.10. The molecule has 0 aliphatic carbocycles. The molecule has 0 saturated heterocycles. The fraction of sp³-hybridized carbons (Fsp3) is 0.143. The van der Waals surface area contributed by atoms with Crippen molar-refractivity contribution < 1.29 is 0 Å². The molecule has 0 amide bonds. The molecule has 1 unspecified atom stereocenters. The van der Waals surface area contributed by atoms with E-state index in [0.29, 0.717) is 0 Å². The summed E-state index contributed by atoms with van der Waals surface area (Å²) in [5.41, 5.74) is 4.77. The summed E-state index contributed by atoms with van der Waals surface area (Å²) < 4.78 is 0. The Bertz CT molecular complexity index is 497. The molecule has 1 aliphatic rings. The third-order valence-corrected chi connectivity index (χ3v) is 3.28. The van der Waals surface area contributed by atoms with Crippen LogP contribution in [0.4, 0.5) is 0 Å². The molecule has 0 aromatic heterocycles. The fourth-order valence-electron chi connectivity index (χ4n) is 1.70. The van der Waals surface area contributed by atoms with Gasteiger partial charge in [0.05, 0.1) is 0 Å². The summed E-state index contributed by atoms with van der Waals surface area (Å²) in [6.45, 7) is 6.13. The smallest absolute Gasteiger partial charge is 0.0336 e. The summed E-state index contributed by atoms with van der Waals surface area (Å²) in [6, 6.07) is 6.46. The lowest BCUT2D eigenvalue weighted by Gasteiger charge is -2.20. The van der Waals surface area contributed by atoms with Crippen LogP contribution in [0.2, 0.25) is 0 Å². The van der Waals surface area contributed by atoms with Gasteiger partial charge in [-0.05, 0) is 35.5 Å². The Labute approximate surface area is 99.4 Å². The quantitative estimate of drug-likeness (QED) is 0.669. The first-order chi connectivity index (χ1) is 7.58. The van der Waals surface area contributed by atoms with Crippen LogP contribution in [0, 0.1) is 6.92 Å². The van der Waals surface area contributed by atoms with E-state index in [1.807, 2.05) is 18.1 Å². The van der Waals surface area contributed by atoms with Gasteiger partial charge in [0.2, 0.25) is 0 Å². The van der Waals surface area contributed by atoms with Crippen LogP contribution in [0.5, 0.6) is 0 Å². The van der Waals surface area contributed by atoms with Gasteiger partial charge in [-0.3, -0.25) is 0 Å². The van der Waals surface area contributed by atoms with E-state index >= 15 is 0 Å². The van der Waals surface area contributed by atoms with Crippen LogP contribution < -0.4 is 5.30 Å². The number of hydrogen-bond acceptors (Lipinski definition) is 1. The van der Waals surface area contributed by atoms with Crippen LogP contribution in [0.15, 0.2) is 48.8 Å². The highest BCUT2D eigenvalue weighted by Gasteiger charge is 2.08. The molecule has 2 rings (SSSR count). The maximum absolute atomic E-state index is 4.01. The van der Waals surface area contributed by atoms with Crippen molar-refractivity contribution in [2.75, 3.05) is 7.05 Å². The normalized spacial score (nSPS) is 15.3. The Morgan fingerprint density at radius 2 is 2.06 bits per heavy atom. The second kappa shape index (κ2) is 4.27. The van der Waals surface area contributed by atoms with Gasteiger partial charge in [-0.1, -0.05) is 30.3 Å². The second-order valence-corrected chi connectivity index (χ2v) is 4.73. The Balaban J connectivity index is 2.46. The maximum Gasteiger partial charge on any atom is 0.0336 e. The molecule has 0 spiro atoms. The SMILES string of the molecule is C=C1C=C(c2cc(C)ccc2P)C=CN1C. The molecule has 0 fully saturated rings. The molecule has 0 N–H and O–H groups in total. The minimum Gasteiger partial charge on any atom is -0.351 e. The number of nitrogens with zero attached hydrogens (tertiary/aromatic N) is 1. The summed E-state index contributed by atoms with van der Waals surface area (Å²) in [7, 11) is 4.79. The summed E-state index contributed by atoms with van der Waals surface area (Å²) >= 11 is 0. The van der Waals surface area contributed by atoms with Gasteiger partial charge in [0.15, 0.2) is 0 Å². The monoisotopic (exact) mass is 229 g/mol. The number of allylic oxidation sites excluding steroid dienone is 3. The molecular weight excluding hydrogens is 213 g/mol. The Hall–Kier alpha value is -1.33. The van der Waals surface area contributed by atoms with E-state index in [2.05, 4.69) is 53.1 Å². The van der Waals surface area contributed by atoms with Crippen molar-refractivity contribution in [3.8, 4) is 0 Å². The minimum absolute atomic E-state index is 1.02. The molecule has 1 aliphatic heterocycles. The standard InChI is InChI=1S/C14H16NP/c1-10-4-5-14(16)13(8-10)12-6-7-15(3)11(2)9-12/h4-9H,2,16H2,1,3H3. The fourth-order valence-corrected chi connectivity index (χ4v) is 2.05. The second-order valence-electron chi connectivity index (χ2n) is 4.11. The Morgan fingerprint density at radius 3 is 2.75 bits per heavy atom. The molecule has 1 heterocycles. The van der Waals surface area contributed by atoms with E-state index in [1.54, 1.807) is 0 Å². The Morgan fingerprint density at radius 1 is 1.31 bits per heavy atom. The molecule has 1 nitrogen and oxygen atoms in total. The Kier molecular flexibility index (Phi) is 2.98. The van der Waals surface area contributed by atoms with Crippen molar-refractivity contribution in [2.45, 2.75) is 6.92 Å². The van der Waals surface area contributed by atoms with Crippen LogP contribution in [0.25, 0.3) is 5.57 Å². The molecule has 0 bridgehead atoms. The predicted octanol–water partition coefficient (Wildman–Crippen LogP) is 2.85. The summed E-state index contributed by atoms with van der Waals surface area (Å²) in [5.74, 6) is 0. The zero-order valence-corrected chi connectivity index (χ0v) is 10.9. The maximum atomic E-state index is 4.01. The van der Waals surface area contributed by atoms with Gasteiger partial charge < -0.3 is 4.90 Å². The third-order valence-electron chi connectivity index (χ3n) is 2.77. The molecule has 1 aromatic rings. The van der Waals surface area contributed by atoms with Crippen molar-refractivity contribution in [1.82, 2.24) is 4.90 Å². The largest absolute Gasteiger partial charge is 0.351 e. The molecule has 16 heavy (non-hydrogen) atoms. The minimum atomic E-state index is 1.02. The zero-order valence-electron chi connectivity index (χ0n) is 9.70. The molecule has 2 heteroatoms. The van der Waals surface area contributed by atoms with Gasteiger partial charge in [0.25, 0.3) is 0 Å². The van der Waals surface area contributed by atoms with Crippen LogP contribution in [0.3, 0.4) is 0 Å². The number of rotatable bonds is 1. The molecule has 1 atom stereocenters. The molecule has 0 radical (unpaired) electrons. The summed E-state index contributed by atoms with van der Waals surface area (Å²) in [5, 5.41) is 1.22. The number of benzene rings is 1. The van der Waals surface area contributed by atoms with Gasteiger partial charge >= 0.3 is 0 Å². The topological polar surface area (TPSA) is 3.24 Å². The van der Waals surface area contributed by atoms with Gasteiger partial charge in [-0.25, -0.2) is 0 Å². The van der Waals surface area contributed by atoms with E-state index in [1.165, 1.54) is 22.0 Å². The van der Waals surface area contributed by atoms with Gasteiger partial charge in [0, 0.05) is 18.9 Å². The lowest BCUT2D eigenvalue weighted by Crippen LogP contribution is -2.12. The first kappa shape index (κ1) is 11.2. The van der Waals surface area contributed by atoms with E-state index < -0.39 is 0 Å².